The number of benzene rings is 4. The predicted octanol–water partition coefficient (Wildman–Crippen LogP) is 12.7. The molecule has 0 bridgehead atoms. The van der Waals surface area contributed by atoms with Gasteiger partial charge in [0.15, 0.2) is 0 Å². The van der Waals surface area contributed by atoms with Gasteiger partial charge in [-0.15, -0.1) is 0 Å². The van der Waals surface area contributed by atoms with Crippen LogP contribution in [-0.2, 0) is 5.41 Å². The number of anilines is 2. The first-order valence-corrected chi connectivity index (χ1v) is 17.2. The van der Waals surface area contributed by atoms with Crippen molar-refractivity contribution in [3.63, 3.8) is 0 Å². The molecule has 44 heavy (non-hydrogen) atoms. The number of hydrogen-bond acceptors (Lipinski definition) is 1. The smallest absolute Gasteiger partial charge is 0.0530 e. The summed E-state index contributed by atoms with van der Waals surface area (Å²) in [6.07, 6.45) is 10.4. The normalized spacial score (nSPS) is 20.7. The molecule has 0 aromatic heterocycles. The summed E-state index contributed by atoms with van der Waals surface area (Å²) in [6, 6.07) is 31.3. The lowest BCUT2D eigenvalue weighted by atomic mass is 9.77. The molecule has 0 spiro atoms. The van der Waals surface area contributed by atoms with Gasteiger partial charge in [0, 0.05) is 24.9 Å². The van der Waals surface area contributed by atoms with Gasteiger partial charge >= 0.3 is 0 Å². The van der Waals surface area contributed by atoms with Crippen LogP contribution in [0, 0.1) is 0 Å². The van der Waals surface area contributed by atoms with Crippen molar-refractivity contribution >= 4 is 11.4 Å². The minimum Gasteiger partial charge on any atom is -0.335 e. The lowest BCUT2D eigenvalue weighted by Gasteiger charge is -2.44. The van der Waals surface area contributed by atoms with Crippen LogP contribution in [0.15, 0.2) is 84.9 Å². The van der Waals surface area contributed by atoms with E-state index >= 15 is 0 Å². The molecule has 4 aromatic carbocycles. The third-order valence-electron chi connectivity index (χ3n) is 10.6. The third kappa shape index (κ3) is 5.11. The zero-order valence-corrected chi connectivity index (χ0v) is 27.6. The zero-order valence-electron chi connectivity index (χ0n) is 29.6. The molecule has 2 saturated carbocycles. The highest BCUT2D eigenvalue weighted by atomic mass is 15.2. The van der Waals surface area contributed by atoms with Crippen molar-refractivity contribution < 1.29 is 2.74 Å². The maximum Gasteiger partial charge on any atom is 0.0530 e. The topological polar surface area (TPSA) is 3.24 Å². The van der Waals surface area contributed by atoms with Crippen molar-refractivity contribution in [3.05, 3.63) is 107 Å². The van der Waals surface area contributed by atoms with E-state index < -0.39 is 11.8 Å². The maximum absolute atomic E-state index is 10.2. The second-order valence-electron chi connectivity index (χ2n) is 15.0. The summed E-state index contributed by atoms with van der Waals surface area (Å²) in [5.41, 5.74) is 11.9. The standard InChI is InChI=1S/C43H51N/c1-42(2,3)44(41-33(30-18-9-6-10-19-30)25-17-26-34(41)31-20-11-7-12-21-31)40-29-37-35-24-15-16-27-38(35)43(4,5)39(37)28-36(40)32-22-13-8-14-23-32/h6,9-10,15-19,24-29,31-32H,7-8,11-14,20-23H2,1-5H3/i31D,32D. The van der Waals surface area contributed by atoms with Crippen molar-refractivity contribution in [2.24, 2.45) is 0 Å². The Morgan fingerprint density at radius 3 is 1.86 bits per heavy atom. The highest BCUT2D eigenvalue weighted by molar-refractivity contribution is 5.90. The molecule has 0 aliphatic heterocycles. The van der Waals surface area contributed by atoms with Gasteiger partial charge in [-0.25, -0.2) is 0 Å². The van der Waals surface area contributed by atoms with Gasteiger partial charge in [-0.1, -0.05) is 131 Å². The Morgan fingerprint density at radius 2 is 1.20 bits per heavy atom. The van der Waals surface area contributed by atoms with E-state index in [0.29, 0.717) is 0 Å². The van der Waals surface area contributed by atoms with Crippen molar-refractivity contribution in [2.75, 3.05) is 4.90 Å². The molecule has 3 aliphatic carbocycles. The van der Waals surface area contributed by atoms with E-state index in [-0.39, 0.29) is 11.0 Å². The second-order valence-corrected chi connectivity index (χ2v) is 15.0. The van der Waals surface area contributed by atoms with E-state index in [1.165, 1.54) is 51.8 Å². The van der Waals surface area contributed by atoms with E-state index in [0.717, 1.165) is 68.3 Å². The Morgan fingerprint density at radius 1 is 0.614 bits per heavy atom. The molecule has 3 aliphatic rings. The minimum atomic E-state index is -0.650. The largest absolute Gasteiger partial charge is 0.335 e. The van der Waals surface area contributed by atoms with Crippen LogP contribution in [0.2, 0.25) is 0 Å². The van der Waals surface area contributed by atoms with Gasteiger partial charge in [0.25, 0.3) is 0 Å². The molecule has 0 heterocycles. The van der Waals surface area contributed by atoms with Crippen molar-refractivity contribution in [1.82, 2.24) is 0 Å². The monoisotopic (exact) mass is 583 g/mol. The molecule has 0 unspecified atom stereocenters. The molecule has 1 nitrogen and oxygen atoms in total. The first-order chi connectivity index (χ1) is 21.9. The number of para-hydroxylation sites is 1. The Labute approximate surface area is 269 Å². The van der Waals surface area contributed by atoms with E-state index in [9.17, 15) is 2.74 Å². The van der Waals surface area contributed by atoms with Gasteiger partial charge in [0.05, 0.1) is 5.69 Å². The fourth-order valence-corrected chi connectivity index (χ4v) is 8.44. The van der Waals surface area contributed by atoms with Gasteiger partial charge in [-0.2, -0.15) is 0 Å². The summed E-state index contributed by atoms with van der Waals surface area (Å²) in [4.78, 5) is 2.57. The maximum atomic E-state index is 10.2. The Hall–Kier alpha value is -3.32. The van der Waals surface area contributed by atoms with Crippen LogP contribution < -0.4 is 4.90 Å². The van der Waals surface area contributed by atoms with Gasteiger partial charge < -0.3 is 4.90 Å². The highest BCUT2D eigenvalue weighted by Crippen LogP contribution is 2.55. The van der Waals surface area contributed by atoms with E-state index in [1.807, 2.05) is 0 Å². The fraction of sp³-hybridized carbons (Fsp3) is 0.442. The number of nitrogens with zero attached hydrogens (tertiary/aromatic N) is 1. The van der Waals surface area contributed by atoms with Gasteiger partial charge in [-0.3, -0.25) is 0 Å². The summed E-state index contributed by atoms with van der Waals surface area (Å²) >= 11 is 0. The molecular formula is C43H51N. The molecule has 0 amide bonds. The Bertz CT molecular complexity index is 1730. The summed E-state index contributed by atoms with van der Waals surface area (Å²) in [7, 11) is 0. The van der Waals surface area contributed by atoms with E-state index in [1.54, 1.807) is 0 Å². The SMILES string of the molecule is [2H]C1(c2cc3c(cc2N(c2c(-c4ccccc4)cccc2C2([2H])CCCCC2)C(C)(C)C)-c2ccccc2C3(C)C)CCCCC1. The molecule has 1 heteroatoms. The minimum absolute atomic E-state index is 0.128. The van der Waals surface area contributed by atoms with E-state index in [2.05, 4.69) is 124 Å². The average Bonchev–Trinajstić information content (AvgIpc) is 3.27. The first kappa shape index (κ1) is 27.0. The van der Waals surface area contributed by atoms with Gasteiger partial charge in [0.1, 0.15) is 0 Å². The van der Waals surface area contributed by atoms with Gasteiger partial charge in [-0.05, 0) is 103 Å². The number of fused-ring (bicyclic) bond motifs is 3. The summed E-state index contributed by atoms with van der Waals surface area (Å²) in [5.74, 6) is -1.29. The molecule has 0 radical (unpaired) electrons. The Kier molecular flexibility index (Phi) is 7.10. The molecular weight excluding hydrogens is 530 g/mol. The fourth-order valence-electron chi connectivity index (χ4n) is 8.44. The zero-order chi connectivity index (χ0) is 32.3. The van der Waals surface area contributed by atoms with Crippen molar-refractivity contribution in [3.8, 4) is 22.3 Å². The molecule has 0 atom stereocenters. The number of hydrogen-bond donors (Lipinski definition) is 0. The lowest BCUT2D eigenvalue weighted by Crippen LogP contribution is -2.39. The number of rotatable bonds is 5. The average molecular weight is 584 g/mol. The van der Waals surface area contributed by atoms with Crippen LogP contribution in [0.4, 0.5) is 11.4 Å². The third-order valence-corrected chi connectivity index (χ3v) is 10.6. The highest BCUT2D eigenvalue weighted by Gasteiger charge is 2.39. The van der Waals surface area contributed by atoms with E-state index in [4.69, 9.17) is 0 Å². The summed E-state index contributed by atoms with van der Waals surface area (Å²) in [5, 5.41) is 0. The molecule has 228 valence electrons. The first-order valence-electron chi connectivity index (χ1n) is 18.2. The van der Waals surface area contributed by atoms with Crippen LogP contribution in [0.5, 0.6) is 0 Å². The molecule has 0 N–H and O–H groups in total. The predicted molar refractivity (Wildman–Crippen MR) is 189 cm³/mol. The molecule has 7 rings (SSSR count). The van der Waals surface area contributed by atoms with Crippen LogP contribution in [0.3, 0.4) is 0 Å². The second kappa shape index (κ2) is 11.6. The quantitative estimate of drug-likeness (QED) is 0.226. The van der Waals surface area contributed by atoms with Crippen LogP contribution >= 0.6 is 0 Å². The molecule has 2 fully saturated rings. The Balaban J connectivity index is 1.58. The van der Waals surface area contributed by atoms with Crippen LogP contribution in [-0.4, -0.2) is 5.54 Å². The van der Waals surface area contributed by atoms with Crippen LogP contribution in [0.1, 0.15) is 136 Å². The lowest BCUT2D eigenvalue weighted by molar-refractivity contribution is 0.438. The van der Waals surface area contributed by atoms with Crippen molar-refractivity contribution in [2.45, 2.75) is 122 Å². The summed E-state index contributed by atoms with van der Waals surface area (Å²) in [6.45, 7) is 11.7. The molecule has 4 aromatic rings. The van der Waals surface area contributed by atoms with Crippen LogP contribution in [0.25, 0.3) is 22.3 Å². The van der Waals surface area contributed by atoms with Crippen molar-refractivity contribution in [1.29, 1.82) is 0 Å². The van der Waals surface area contributed by atoms with Gasteiger partial charge in [0.2, 0.25) is 0 Å². The molecule has 0 saturated heterocycles. The summed E-state index contributed by atoms with van der Waals surface area (Å²) < 4.78 is 20.2.